The van der Waals surface area contributed by atoms with Crippen molar-refractivity contribution in [2.75, 3.05) is 11.9 Å². The molecule has 0 amide bonds. The molecule has 1 atom stereocenters. The lowest BCUT2D eigenvalue weighted by molar-refractivity contribution is 0.508. The van der Waals surface area contributed by atoms with E-state index in [1.54, 1.807) is 6.07 Å². The number of hydrogen-bond acceptors (Lipinski definition) is 3. The second-order valence-electron chi connectivity index (χ2n) is 4.13. The van der Waals surface area contributed by atoms with Crippen LogP contribution in [0.5, 0.6) is 0 Å². The standard InChI is InChI=1S/C11H18FN3/c1-8(2)5-10(13)7-15-11-4-3-9(12)6-14-11/h3-4,6,8,10H,5,7,13H2,1-2H3,(H,14,15). The second-order valence-corrected chi connectivity index (χ2v) is 4.13. The summed E-state index contributed by atoms with van der Waals surface area (Å²) in [6.07, 6.45) is 2.16. The van der Waals surface area contributed by atoms with Crippen LogP contribution >= 0.6 is 0 Å². The van der Waals surface area contributed by atoms with Gasteiger partial charge in [-0.3, -0.25) is 0 Å². The summed E-state index contributed by atoms with van der Waals surface area (Å²) in [4.78, 5) is 3.89. The predicted octanol–water partition coefficient (Wildman–Crippen LogP) is 2.01. The number of hydrogen-bond donors (Lipinski definition) is 2. The van der Waals surface area contributed by atoms with Crippen molar-refractivity contribution in [1.29, 1.82) is 0 Å². The van der Waals surface area contributed by atoms with E-state index in [0.29, 0.717) is 18.3 Å². The van der Waals surface area contributed by atoms with Gasteiger partial charge in [0.1, 0.15) is 11.6 Å². The highest BCUT2D eigenvalue weighted by atomic mass is 19.1. The Morgan fingerprint density at radius 2 is 2.20 bits per heavy atom. The molecule has 4 heteroatoms. The number of pyridine rings is 1. The van der Waals surface area contributed by atoms with E-state index >= 15 is 0 Å². The number of halogens is 1. The summed E-state index contributed by atoms with van der Waals surface area (Å²) in [5, 5.41) is 3.07. The first-order valence-electron chi connectivity index (χ1n) is 5.19. The smallest absolute Gasteiger partial charge is 0.141 e. The number of nitrogens with two attached hydrogens (primary N) is 1. The van der Waals surface area contributed by atoms with Gasteiger partial charge in [0.25, 0.3) is 0 Å². The normalized spacial score (nSPS) is 12.9. The maximum Gasteiger partial charge on any atom is 0.141 e. The van der Waals surface area contributed by atoms with Crippen molar-refractivity contribution in [3.63, 3.8) is 0 Å². The molecule has 1 aromatic heterocycles. The van der Waals surface area contributed by atoms with Crippen LogP contribution in [0.15, 0.2) is 18.3 Å². The highest BCUT2D eigenvalue weighted by Crippen LogP contribution is 2.06. The Balaban J connectivity index is 2.33. The minimum absolute atomic E-state index is 0.108. The summed E-state index contributed by atoms with van der Waals surface area (Å²) >= 11 is 0. The van der Waals surface area contributed by atoms with E-state index in [1.165, 1.54) is 12.3 Å². The summed E-state index contributed by atoms with van der Waals surface area (Å²) in [6, 6.07) is 3.10. The molecule has 0 fully saturated rings. The maximum absolute atomic E-state index is 12.5. The van der Waals surface area contributed by atoms with E-state index in [2.05, 4.69) is 24.1 Å². The van der Waals surface area contributed by atoms with Crippen molar-refractivity contribution < 1.29 is 4.39 Å². The first-order chi connectivity index (χ1) is 7.08. The molecule has 0 spiro atoms. The summed E-state index contributed by atoms with van der Waals surface area (Å²) in [6.45, 7) is 4.93. The molecule has 1 unspecified atom stereocenters. The Kier molecular flexibility index (Phi) is 4.49. The summed E-state index contributed by atoms with van der Waals surface area (Å²) in [5.41, 5.74) is 5.89. The number of nitrogens with zero attached hydrogens (tertiary/aromatic N) is 1. The van der Waals surface area contributed by atoms with Gasteiger partial charge in [-0.15, -0.1) is 0 Å². The molecular formula is C11H18FN3. The fourth-order valence-corrected chi connectivity index (χ4v) is 1.40. The van der Waals surface area contributed by atoms with E-state index in [0.717, 1.165) is 6.42 Å². The quantitative estimate of drug-likeness (QED) is 0.783. The highest BCUT2D eigenvalue weighted by molar-refractivity contribution is 5.33. The molecule has 1 rings (SSSR count). The van der Waals surface area contributed by atoms with Gasteiger partial charge < -0.3 is 11.1 Å². The van der Waals surface area contributed by atoms with Gasteiger partial charge in [-0.2, -0.15) is 0 Å². The van der Waals surface area contributed by atoms with Crippen LogP contribution in [0.1, 0.15) is 20.3 Å². The maximum atomic E-state index is 12.5. The SMILES string of the molecule is CC(C)CC(N)CNc1ccc(F)cn1. The number of aromatic nitrogens is 1. The van der Waals surface area contributed by atoms with Crippen molar-refractivity contribution in [3.8, 4) is 0 Å². The Morgan fingerprint density at radius 1 is 1.47 bits per heavy atom. The zero-order valence-corrected chi connectivity index (χ0v) is 9.20. The van der Waals surface area contributed by atoms with Crippen LogP contribution < -0.4 is 11.1 Å². The van der Waals surface area contributed by atoms with Gasteiger partial charge in [0.15, 0.2) is 0 Å². The minimum Gasteiger partial charge on any atom is -0.369 e. The van der Waals surface area contributed by atoms with Crippen molar-refractivity contribution >= 4 is 5.82 Å². The molecule has 0 aliphatic rings. The summed E-state index contributed by atoms with van der Waals surface area (Å²) in [7, 11) is 0. The predicted molar refractivity (Wildman–Crippen MR) is 60.1 cm³/mol. The molecule has 0 bridgehead atoms. The third kappa shape index (κ3) is 4.74. The lowest BCUT2D eigenvalue weighted by Crippen LogP contribution is -2.30. The Bertz CT molecular complexity index is 284. The van der Waals surface area contributed by atoms with Crippen LogP contribution in [0.3, 0.4) is 0 Å². The lowest BCUT2D eigenvalue weighted by Gasteiger charge is -2.14. The van der Waals surface area contributed by atoms with E-state index in [4.69, 9.17) is 5.73 Å². The summed E-state index contributed by atoms with van der Waals surface area (Å²) < 4.78 is 12.5. The third-order valence-corrected chi connectivity index (χ3v) is 2.05. The average molecular weight is 211 g/mol. The van der Waals surface area contributed by atoms with Gasteiger partial charge in [0.2, 0.25) is 0 Å². The molecule has 1 heterocycles. The zero-order chi connectivity index (χ0) is 11.3. The van der Waals surface area contributed by atoms with Crippen LogP contribution in [0.2, 0.25) is 0 Å². The molecule has 0 radical (unpaired) electrons. The minimum atomic E-state index is -0.327. The molecule has 3 N–H and O–H groups in total. The van der Waals surface area contributed by atoms with Crippen LogP contribution in [0.4, 0.5) is 10.2 Å². The molecule has 3 nitrogen and oxygen atoms in total. The molecule has 15 heavy (non-hydrogen) atoms. The first kappa shape index (κ1) is 11.9. The van der Waals surface area contributed by atoms with Crippen LogP contribution in [0, 0.1) is 11.7 Å². The van der Waals surface area contributed by atoms with E-state index < -0.39 is 0 Å². The fourth-order valence-electron chi connectivity index (χ4n) is 1.40. The van der Waals surface area contributed by atoms with Gasteiger partial charge in [0.05, 0.1) is 6.20 Å². The number of anilines is 1. The molecule has 0 aliphatic carbocycles. The van der Waals surface area contributed by atoms with Gasteiger partial charge in [-0.1, -0.05) is 13.8 Å². The van der Waals surface area contributed by atoms with Crippen molar-refractivity contribution in [3.05, 3.63) is 24.1 Å². The van der Waals surface area contributed by atoms with Gasteiger partial charge >= 0.3 is 0 Å². The highest BCUT2D eigenvalue weighted by Gasteiger charge is 2.05. The first-order valence-corrected chi connectivity index (χ1v) is 5.19. The fraction of sp³-hybridized carbons (Fsp3) is 0.545. The van der Waals surface area contributed by atoms with Crippen molar-refractivity contribution in [1.82, 2.24) is 4.98 Å². The van der Waals surface area contributed by atoms with Crippen molar-refractivity contribution in [2.24, 2.45) is 11.7 Å². The Labute approximate surface area is 89.9 Å². The van der Waals surface area contributed by atoms with Gasteiger partial charge in [0, 0.05) is 12.6 Å². The van der Waals surface area contributed by atoms with Crippen LogP contribution in [-0.2, 0) is 0 Å². The lowest BCUT2D eigenvalue weighted by atomic mass is 10.0. The second kappa shape index (κ2) is 5.66. The molecular weight excluding hydrogens is 193 g/mol. The number of rotatable bonds is 5. The molecule has 1 aromatic rings. The Hall–Kier alpha value is -1.16. The van der Waals surface area contributed by atoms with Gasteiger partial charge in [-0.05, 0) is 24.5 Å². The van der Waals surface area contributed by atoms with Crippen LogP contribution in [-0.4, -0.2) is 17.6 Å². The van der Waals surface area contributed by atoms with E-state index in [1.807, 2.05) is 0 Å². The zero-order valence-electron chi connectivity index (χ0n) is 9.20. The largest absolute Gasteiger partial charge is 0.369 e. The van der Waals surface area contributed by atoms with E-state index in [9.17, 15) is 4.39 Å². The van der Waals surface area contributed by atoms with Gasteiger partial charge in [-0.25, -0.2) is 9.37 Å². The van der Waals surface area contributed by atoms with Crippen LogP contribution in [0.25, 0.3) is 0 Å². The third-order valence-electron chi connectivity index (χ3n) is 2.05. The van der Waals surface area contributed by atoms with Crippen molar-refractivity contribution in [2.45, 2.75) is 26.3 Å². The monoisotopic (exact) mass is 211 g/mol. The average Bonchev–Trinajstić information content (AvgIpc) is 2.16. The molecule has 84 valence electrons. The Morgan fingerprint density at radius 3 is 2.73 bits per heavy atom. The number of nitrogens with one attached hydrogen (secondary N) is 1. The molecule has 0 aromatic carbocycles. The topological polar surface area (TPSA) is 50.9 Å². The van der Waals surface area contributed by atoms with E-state index in [-0.39, 0.29) is 11.9 Å². The molecule has 0 saturated heterocycles. The summed E-state index contributed by atoms with van der Waals surface area (Å²) in [5.74, 6) is 0.922. The molecule has 0 saturated carbocycles. The molecule has 0 aliphatic heterocycles.